The number of H-pyrrole nitrogens is 1. The van der Waals surface area contributed by atoms with Crippen LogP contribution in [-0.4, -0.2) is 74.0 Å². The van der Waals surface area contributed by atoms with E-state index in [1.54, 1.807) is 16.7 Å². The molecule has 1 atom stereocenters. The van der Waals surface area contributed by atoms with E-state index in [0.717, 1.165) is 5.56 Å². The van der Waals surface area contributed by atoms with Crippen molar-refractivity contribution in [2.75, 3.05) is 33.1 Å². The first-order valence-electron chi connectivity index (χ1n) is 10.3. The molecule has 0 radical (unpaired) electrons. The Labute approximate surface area is 200 Å². The van der Waals surface area contributed by atoms with Gasteiger partial charge in [0, 0.05) is 25.8 Å². The van der Waals surface area contributed by atoms with Crippen LogP contribution in [0.4, 0.5) is 5.95 Å². The summed E-state index contributed by atoms with van der Waals surface area (Å²) in [5.74, 6) is -0.400. The Morgan fingerprint density at radius 2 is 2.09 bits per heavy atom. The number of aromatic amines is 1. The van der Waals surface area contributed by atoms with Gasteiger partial charge in [0.15, 0.2) is 11.2 Å². The maximum Gasteiger partial charge on any atom is 0.321 e. The molecule has 3 rings (SSSR count). The van der Waals surface area contributed by atoms with Crippen LogP contribution in [0.25, 0.3) is 11.2 Å². The van der Waals surface area contributed by atoms with Gasteiger partial charge in [-0.3, -0.25) is 19.9 Å². The quantitative estimate of drug-likeness (QED) is 0.275. The van der Waals surface area contributed by atoms with E-state index < -0.39 is 24.3 Å². The molecule has 184 valence electrons. The minimum absolute atomic E-state index is 0.00298. The molecular formula is C20H27N6O6PS. The third-order valence-corrected chi connectivity index (χ3v) is 5.71. The molecular weight excluding hydrogens is 483 g/mol. The lowest BCUT2D eigenvalue weighted by Crippen LogP contribution is -2.22. The van der Waals surface area contributed by atoms with Crippen LogP contribution in [0.15, 0.2) is 35.4 Å². The average molecular weight is 511 g/mol. The van der Waals surface area contributed by atoms with Gasteiger partial charge in [-0.1, -0.05) is 18.2 Å². The maximum atomic E-state index is 12.9. The number of hydrogen-bond acceptors (Lipinski definition) is 8. The van der Waals surface area contributed by atoms with Gasteiger partial charge in [-0.05, 0) is 44.0 Å². The summed E-state index contributed by atoms with van der Waals surface area (Å²) in [6.07, 6.45) is 1.38. The Kier molecular flexibility index (Phi) is 8.66. The van der Waals surface area contributed by atoms with Crippen molar-refractivity contribution in [2.45, 2.75) is 25.6 Å². The second kappa shape index (κ2) is 11.3. The molecule has 1 aromatic carbocycles. The van der Waals surface area contributed by atoms with Crippen LogP contribution in [0, 0.1) is 0 Å². The molecule has 0 aliphatic heterocycles. The van der Waals surface area contributed by atoms with Gasteiger partial charge < -0.3 is 28.5 Å². The summed E-state index contributed by atoms with van der Waals surface area (Å²) in [7, 11) is 5.28. The second-order valence-corrected chi connectivity index (χ2v) is 10.5. The maximum absolute atomic E-state index is 12.9. The van der Waals surface area contributed by atoms with Gasteiger partial charge in [-0.15, -0.1) is 0 Å². The van der Waals surface area contributed by atoms with Crippen LogP contribution >= 0.6 is 6.72 Å². The van der Waals surface area contributed by atoms with Crippen LogP contribution in [-0.2, 0) is 34.2 Å². The first-order chi connectivity index (χ1) is 16.1. The number of amides is 1. The standard InChI is InChI=1S/C20H27N6O6PS/c1-25(2)10-13-6-4-5-7-15(13)18(27)23-20-22-17-16(19(28)24-20)21-12-26(17)9-8-14(31-3)11-32-33(29,30)34/h4-7,12,14H,8-11H2,1-3H3,(H2,29,30,34)(H2,22,23,24,27,28)/t14-/m0/s1. The van der Waals surface area contributed by atoms with Gasteiger partial charge >= 0.3 is 6.72 Å². The van der Waals surface area contributed by atoms with E-state index in [0.29, 0.717) is 25.1 Å². The third-order valence-electron chi connectivity index (χ3n) is 4.91. The molecule has 2 aromatic heterocycles. The summed E-state index contributed by atoms with van der Waals surface area (Å²) in [4.78, 5) is 56.9. The molecule has 3 aromatic rings. The smallest absolute Gasteiger partial charge is 0.321 e. The monoisotopic (exact) mass is 510 g/mol. The molecule has 14 heteroatoms. The van der Waals surface area contributed by atoms with Crippen molar-refractivity contribution in [2.24, 2.45) is 0 Å². The van der Waals surface area contributed by atoms with E-state index in [2.05, 4.69) is 32.1 Å². The van der Waals surface area contributed by atoms with Crippen molar-refractivity contribution in [3.8, 4) is 0 Å². The Morgan fingerprint density at radius 3 is 2.76 bits per heavy atom. The Bertz CT molecular complexity index is 1260. The van der Waals surface area contributed by atoms with Gasteiger partial charge in [0.25, 0.3) is 11.5 Å². The van der Waals surface area contributed by atoms with Crippen molar-refractivity contribution >= 4 is 41.5 Å². The fraction of sp³-hybridized carbons (Fsp3) is 0.400. The number of carbonyl (C=O) groups excluding carboxylic acids is 1. The number of rotatable bonds is 11. The Balaban J connectivity index is 1.79. The molecule has 0 saturated carbocycles. The number of nitrogens with one attached hydrogen (secondary N) is 2. The SMILES string of the molecule is CO[C@@H](CCn1cnc2c(=O)[nH]c(NC(=O)c3ccccc3CN(C)C)nc21)COP(O)(O)=S. The number of nitrogens with zero attached hydrogens (tertiary/aromatic N) is 4. The minimum Gasteiger partial charge on any atom is -0.379 e. The fourth-order valence-corrected chi connectivity index (χ4v) is 3.85. The van der Waals surface area contributed by atoms with Gasteiger partial charge in [-0.25, -0.2) is 4.98 Å². The number of imidazole rings is 1. The molecule has 0 saturated heterocycles. The summed E-state index contributed by atoms with van der Waals surface area (Å²) in [6, 6.07) is 7.20. The topological polar surface area (TPSA) is 155 Å². The molecule has 2 heterocycles. The molecule has 0 bridgehead atoms. The van der Waals surface area contributed by atoms with Gasteiger partial charge in [-0.2, -0.15) is 4.98 Å². The third kappa shape index (κ3) is 7.00. The second-order valence-electron chi connectivity index (χ2n) is 7.81. The van der Waals surface area contributed by atoms with E-state index in [1.807, 2.05) is 31.1 Å². The van der Waals surface area contributed by atoms with Crippen molar-refractivity contribution in [1.29, 1.82) is 0 Å². The number of carbonyl (C=O) groups is 1. The molecule has 0 spiro atoms. The number of aromatic nitrogens is 4. The minimum atomic E-state index is -3.79. The lowest BCUT2D eigenvalue weighted by molar-refractivity contribution is 0.0444. The van der Waals surface area contributed by atoms with Crippen LogP contribution in [0.3, 0.4) is 0 Å². The van der Waals surface area contributed by atoms with Crippen molar-refractivity contribution in [3.63, 3.8) is 0 Å². The lowest BCUT2D eigenvalue weighted by atomic mass is 10.1. The van der Waals surface area contributed by atoms with Crippen LogP contribution < -0.4 is 10.9 Å². The highest BCUT2D eigenvalue weighted by Crippen LogP contribution is 2.36. The number of ether oxygens (including phenoxy) is 1. The van der Waals surface area contributed by atoms with Gasteiger partial charge in [0.1, 0.15) is 0 Å². The average Bonchev–Trinajstić information content (AvgIpc) is 3.16. The highest BCUT2D eigenvalue weighted by Gasteiger charge is 2.18. The summed E-state index contributed by atoms with van der Waals surface area (Å²) < 4.78 is 11.8. The van der Waals surface area contributed by atoms with Gasteiger partial charge in [0.2, 0.25) is 5.95 Å². The Hall–Kier alpha value is -2.51. The number of benzene rings is 1. The predicted octanol–water partition coefficient (Wildman–Crippen LogP) is 1.06. The highest BCUT2D eigenvalue weighted by atomic mass is 32.5. The number of aryl methyl sites for hydroxylation is 1. The molecule has 0 aliphatic rings. The van der Waals surface area contributed by atoms with E-state index >= 15 is 0 Å². The zero-order chi connectivity index (χ0) is 24.9. The molecule has 0 fully saturated rings. The first kappa shape index (κ1) is 26.1. The van der Waals surface area contributed by atoms with E-state index in [1.165, 1.54) is 13.4 Å². The van der Waals surface area contributed by atoms with Crippen LogP contribution in [0.1, 0.15) is 22.3 Å². The molecule has 4 N–H and O–H groups in total. The lowest BCUT2D eigenvalue weighted by Gasteiger charge is -2.17. The largest absolute Gasteiger partial charge is 0.379 e. The number of anilines is 1. The van der Waals surface area contributed by atoms with E-state index in [4.69, 9.17) is 9.26 Å². The molecule has 0 unspecified atom stereocenters. The summed E-state index contributed by atoms with van der Waals surface area (Å²) in [6.45, 7) is -2.97. The molecule has 12 nitrogen and oxygen atoms in total. The first-order valence-corrected chi connectivity index (χ1v) is 12.9. The molecule has 1 amide bonds. The van der Waals surface area contributed by atoms with Crippen molar-refractivity contribution < 1.29 is 23.8 Å². The normalized spacial score (nSPS) is 12.9. The van der Waals surface area contributed by atoms with Crippen LogP contribution in [0.5, 0.6) is 0 Å². The van der Waals surface area contributed by atoms with E-state index in [9.17, 15) is 19.4 Å². The zero-order valence-corrected chi connectivity index (χ0v) is 20.7. The summed E-state index contributed by atoms with van der Waals surface area (Å²) in [5, 5.41) is 2.66. The zero-order valence-electron chi connectivity index (χ0n) is 19.0. The summed E-state index contributed by atoms with van der Waals surface area (Å²) >= 11 is 4.45. The van der Waals surface area contributed by atoms with Crippen molar-refractivity contribution in [3.05, 3.63) is 52.1 Å². The number of hydrogen-bond donors (Lipinski definition) is 4. The van der Waals surface area contributed by atoms with Crippen LogP contribution in [0.2, 0.25) is 0 Å². The summed E-state index contributed by atoms with van der Waals surface area (Å²) in [5.41, 5.74) is 1.23. The number of methoxy groups -OCH3 is 1. The van der Waals surface area contributed by atoms with Gasteiger partial charge in [0.05, 0.1) is 19.0 Å². The van der Waals surface area contributed by atoms with Crippen molar-refractivity contribution in [1.82, 2.24) is 24.4 Å². The number of fused-ring (bicyclic) bond motifs is 1. The predicted molar refractivity (Wildman–Crippen MR) is 130 cm³/mol. The molecule has 0 aliphatic carbocycles. The van der Waals surface area contributed by atoms with E-state index in [-0.39, 0.29) is 23.7 Å². The Morgan fingerprint density at radius 1 is 1.35 bits per heavy atom. The highest BCUT2D eigenvalue weighted by molar-refractivity contribution is 8.06. The molecule has 34 heavy (non-hydrogen) atoms. The fourth-order valence-electron chi connectivity index (χ4n) is 3.30.